The van der Waals surface area contributed by atoms with Gasteiger partial charge in [-0.2, -0.15) is 5.10 Å². The topological polar surface area (TPSA) is 61.6 Å². The van der Waals surface area contributed by atoms with Gasteiger partial charge in [0.1, 0.15) is 0 Å². The van der Waals surface area contributed by atoms with E-state index in [-0.39, 0.29) is 6.54 Å². The molecule has 6 heteroatoms. The van der Waals surface area contributed by atoms with Gasteiger partial charge in [-0.1, -0.05) is 0 Å². The summed E-state index contributed by atoms with van der Waals surface area (Å²) in [6.07, 6.45) is 1.02. The molecule has 1 aromatic heterocycles. The highest BCUT2D eigenvalue weighted by Crippen LogP contribution is 2.09. The maximum Gasteiger partial charge on any atom is 0.317 e. The fourth-order valence-electron chi connectivity index (χ4n) is 2.57. The first-order valence-corrected chi connectivity index (χ1v) is 6.70. The smallest absolute Gasteiger partial charge is 0.317 e. The standard InChI is InChI=1S/C13H22N4O2/c1-11-8-12(15(2)14-11)9-16-4-3-5-17(7-6-16)10-13(18)19/h8H,3-7,9-10H2,1-2H3,(H,18,19). The van der Waals surface area contributed by atoms with E-state index in [9.17, 15) is 4.79 Å². The lowest BCUT2D eigenvalue weighted by Crippen LogP contribution is -2.34. The number of carboxylic acids is 1. The van der Waals surface area contributed by atoms with Crippen molar-refractivity contribution in [3.05, 3.63) is 17.5 Å². The summed E-state index contributed by atoms with van der Waals surface area (Å²) in [5.74, 6) is -0.740. The summed E-state index contributed by atoms with van der Waals surface area (Å²) in [6, 6.07) is 2.11. The maximum absolute atomic E-state index is 10.7. The average Bonchev–Trinajstić information content (AvgIpc) is 2.50. The van der Waals surface area contributed by atoms with E-state index in [4.69, 9.17) is 5.11 Å². The molecule has 2 rings (SSSR count). The zero-order chi connectivity index (χ0) is 13.8. The largest absolute Gasteiger partial charge is 0.480 e. The van der Waals surface area contributed by atoms with E-state index in [2.05, 4.69) is 16.1 Å². The third-order valence-corrected chi connectivity index (χ3v) is 3.52. The van der Waals surface area contributed by atoms with Crippen LogP contribution in [-0.2, 0) is 18.4 Å². The van der Waals surface area contributed by atoms with E-state index in [1.165, 1.54) is 5.69 Å². The van der Waals surface area contributed by atoms with Crippen molar-refractivity contribution in [3.63, 3.8) is 0 Å². The molecule has 0 bridgehead atoms. The monoisotopic (exact) mass is 266 g/mol. The van der Waals surface area contributed by atoms with Crippen molar-refractivity contribution in [3.8, 4) is 0 Å². The number of aliphatic carboxylic acids is 1. The lowest BCUT2D eigenvalue weighted by atomic mass is 10.3. The summed E-state index contributed by atoms with van der Waals surface area (Å²) in [5.41, 5.74) is 2.25. The van der Waals surface area contributed by atoms with Crippen molar-refractivity contribution in [1.29, 1.82) is 0 Å². The predicted octanol–water partition coefficient (Wildman–Crippen LogP) is 0.321. The van der Waals surface area contributed by atoms with Crippen molar-refractivity contribution >= 4 is 5.97 Å². The number of aromatic nitrogens is 2. The molecule has 0 aromatic carbocycles. The number of carboxylic acid groups (broad SMARTS) is 1. The third kappa shape index (κ3) is 4.04. The van der Waals surface area contributed by atoms with Crippen molar-refractivity contribution in [1.82, 2.24) is 19.6 Å². The molecule has 0 amide bonds. The van der Waals surface area contributed by atoms with Crippen LogP contribution >= 0.6 is 0 Å². The highest BCUT2D eigenvalue weighted by atomic mass is 16.4. The lowest BCUT2D eigenvalue weighted by Gasteiger charge is -2.20. The SMILES string of the molecule is Cc1cc(CN2CCCN(CC(=O)O)CC2)n(C)n1. The average molecular weight is 266 g/mol. The van der Waals surface area contributed by atoms with Gasteiger partial charge < -0.3 is 5.11 Å². The van der Waals surface area contributed by atoms with Crippen LogP contribution in [0, 0.1) is 6.92 Å². The minimum Gasteiger partial charge on any atom is -0.480 e. The van der Waals surface area contributed by atoms with Gasteiger partial charge in [0.25, 0.3) is 0 Å². The number of aryl methyl sites for hydroxylation is 2. The first-order valence-electron chi connectivity index (χ1n) is 6.70. The Kier molecular flexibility index (Phi) is 4.55. The minimum absolute atomic E-state index is 0.151. The van der Waals surface area contributed by atoms with E-state index in [0.29, 0.717) is 0 Å². The van der Waals surface area contributed by atoms with Crippen LogP contribution < -0.4 is 0 Å². The van der Waals surface area contributed by atoms with Crippen molar-refractivity contribution in [2.45, 2.75) is 19.9 Å². The van der Waals surface area contributed by atoms with Gasteiger partial charge in [-0.05, 0) is 26.0 Å². The van der Waals surface area contributed by atoms with Crippen LogP contribution in [0.5, 0.6) is 0 Å². The van der Waals surface area contributed by atoms with E-state index >= 15 is 0 Å². The third-order valence-electron chi connectivity index (χ3n) is 3.52. The highest BCUT2D eigenvalue weighted by Gasteiger charge is 2.17. The van der Waals surface area contributed by atoms with E-state index in [1.54, 1.807) is 0 Å². The van der Waals surface area contributed by atoms with Crippen LogP contribution in [0.4, 0.5) is 0 Å². The molecule has 0 spiro atoms. The Balaban J connectivity index is 1.89. The van der Waals surface area contributed by atoms with Crippen LogP contribution in [0.2, 0.25) is 0 Å². The first kappa shape index (κ1) is 14.0. The molecular formula is C13H22N4O2. The number of carbonyl (C=O) groups is 1. The summed E-state index contributed by atoms with van der Waals surface area (Å²) >= 11 is 0. The van der Waals surface area contributed by atoms with Crippen molar-refractivity contribution in [2.24, 2.45) is 7.05 Å². The molecule has 6 nitrogen and oxygen atoms in total. The van der Waals surface area contributed by atoms with Gasteiger partial charge in [0.2, 0.25) is 0 Å². The van der Waals surface area contributed by atoms with E-state index in [0.717, 1.165) is 44.8 Å². The maximum atomic E-state index is 10.7. The normalized spacial score (nSPS) is 18.4. The number of hydrogen-bond donors (Lipinski definition) is 1. The molecule has 0 atom stereocenters. The molecule has 1 saturated heterocycles. The van der Waals surface area contributed by atoms with E-state index < -0.39 is 5.97 Å². The Morgan fingerprint density at radius 2 is 2.00 bits per heavy atom. The van der Waals surface area contributed by atoms with Gasteiger partial charge in [-0.15, -0.1) is 0 Å². The Morgan fingerprint density at radius 1 is 1.32 bits per heavy atom. The van der Waals surface area contributed by atoms with Crippen LogP contribution in [0.3, 0.4) is 0 Å². The van der Waals surface area contributed by atoms with Crippen LogP contribution in [0.1, 0.15) is 17.8 Å². The van der Waals surface area contributed by atoms with Gasteiger partial charge in [0, 0.05) is 33.2 Å². The van der Waals surface area contributed by atoms with Crippen molar-refractivity contribution < 1.29 is 9.90 Å². The molecule has 0 saturated carbocycles. The Morgan fingerprint density at radius 3 is 2.63 bits per heavy atom. The summed E-state index contributed by atoms with van der Waals surface area (Å²) in [5, 5.41) is 13.2. The van der Waals surface area contributed by atoms with Gasteiger partial charge in [-0.25, -0.2) is 0 Å². The zero-order valence-corrected chi connectivity index (χ0v) is 11.7. The molecule has 1 fully saturated rings. The van der Waals surface area contributed by atoms with Gasteiger partial charge >= 0.3 is 5.97 Å². The molecule has 0 unspecified atom stereocenters. The fraction of sp³-hybridized carbons (Fsp3) is 0.692. The van der Waals surface area contributed by atoms with Crippen LogP contribution in [0.15, 0.2) is 6.07 Å². The van der Waals surface area contributed by atoms with Crippen molar-refractivity contribution in [2.75, 3.05) is 32.7 Å². The van der Waals surface area contributed by atoms with Crippen LogP contribution in [-0.4, -0.2) is 63.4 Å². The minimum atomic E-state index is -0.740. The molecule has 1 N–H and O–H groups in total. The summed E-state index contributed by atoms with van der Waals surface area (Å²) in [4.78, 5) is 15.1. The Hall–Kier alpha value is -1.40. The number of rotatable bonds is 4. The molecular weight excluding hydrogens is 244 g/mol. The fourth-order valence-corrected chi connectivity index (χ4v) is 2.57. The second kappa shape index (κ2) is 6.16. The predicted molar refractivity (Wildman–Crippen MR) is 71.9 cm³/mol. The highest BCUT2D eigenvalue weighted by molar-refractivity contribution is 5.69. The van der Waals surface area contributed by atoms with E-state index in [1.807, 2.05) is 23.6 Å². The molecule has 19 heavy (non-hydrogen) atoms. The van der Waals surface area contributed by atoms with Gasteiger partial charge in [-0.3, -0.25) is 19.3 Å². The second-order valence-corrected chi connectivity index (χ2v) is 5.20. The summed E-state index contributed by atoms with van der Waals surface area (Å²) < 4.78 is 1.93. The molecule has 0 radical (unpaired) electrons. The summed E-state index contributed by atoms with van der Waals surface area (Å²) in [7, 11) is 1.97. The van der Waals surface area contributed by atoms with Gasteiger partial charge in [0.05, 0.1) is 17.9 Å². The molecule has 1 aromatic rings. The zero-order valence-electron chi connectivity index (χ0n) is 11.7. The molecule has 1 aliphatic heterocycles. The van der Waals surface area contributed by atoms with Gasteiger partial charge in [0.15, 0.2) is 0 Å². The molecule has 2 heterocycles. The molecule has 0 aliphatic carbocycles. The molecule has 106 valence electrons. The number of nitrogens with zero attached hydrogens (tertiary/aromatic N) is 4. The molecule has 1 aliphatic rings. The Labute approximate surface area is 113 Å². The quantitative estimate of drug-likeness (QED) is 0.850. The summed E-state index contributed by atoms with van der Waals surface area (Å²) in [6.45, 7) is 6.66. The lowest BCUT2D eigenvalue weighted by molar-refractivity contribution is -0.138. The Bertz CT molecular complexity index is 444. The second-order valence-electron chi connectivity index (χ2n) is 5.20. The first-order chi connectivity index (χ1) is 9.04. The number of hydrogen-bond acceptors (Lipinski definition) is 4. The van der Waals surface area contributed by atoms with Crippen LogP contribution in [0.25, 0.3) is 0 Å².